The van der Waals surface area contributed by atoms with Gasteiger partial charge in [0.2, 0.25) is 0 Å². The van der Waals surface area contributed by atoms with Crippen molar-refractivity contribution in [2.45, 2.75) is 31.8 Å². The summed E-state index contributed by atoms with van der Waals surface area (Å²) in [7, 11) is 0. The van der Waals surface area contributed by atoms with Gasteiger partial charge in [0.05, 0.1) is 0 Å². The third kappa shape index (κ3) is 2.42. The molecule has 0 aliphatic carbocycles. The number of hydrogen-bond acceptors (Lipinski definition) is 3. The van der Waals surface area contributed by atoms with Gasteiger partial charge in [0.15, 0.2) is 0 Å². The van der Waals surface area contributed by atoms with Gasteiger partial charge in [0.25, 0.3) is 0 Å². The van der Waals surface area contributed by atoms with Crippen LogP contribution in [0.25, 0.3) is 0 Å². The Labute approximate surface area is 100 Å². The van der Waals surface area contributed by atoms with Crippen LogP contribution in [0.5, 0.6) is 5.75 Å². The first-order valence-electron chi connectivity index (χ1n) is 5.87. The number of benzene rings is 1. The number of phenolic OH excluding ortho intramolecular Hbond substituents is 1. The van der Waals surface area contributed by atoms with Crippen molar-refractivity contribution in [3.63, 3.8) is 0 Å². The minimum absolute atomic E-state index is 0.0192. The molecule has 4 heteroatoms. The Balaban J connectivity index is 2.19. The zero-order valence-electron chi connectivity index (χ0n) is 9.84. The van der Waals surface area contributed by atoms with Crippen molar-refractivity contribution in [1.82, 2.24) is 4.90 Å². The van der Waals surface area contributed by atoms with Gasteiger partial charge in [-0.1, -0.05) is 12.1 Å². The second-order valence-corrected chi connectivity index (χ2v) is 4.51. The van der Waals surface area contributed by atoms with Gasteiger partial charge in [0, 0.05) is 6.04 Å². The number of nitrogens with zero attached hydrogens (tertiary/aromatic N) is 1. The van der Waals surface area contributed by atoms with Gasteiger partial charge in [-0.2, -0.15) is 0 Å². The lowest BCUT2D eigenvalue weighted by Gasteiger charge is -2.28. The predicted molar refractivity (Wildman–Crippen MR) is 63.9 cm³/mol. The highest BCUT2D eigenvalue weighted by molar-refractivity contribution is 5.73. The minimum atomic E-state index is -0.755. The molecule has 0 radical (unpaired) electrons. The molecule has 0 amide bonds. The molecule has 0 bridgehead atoms. The van der Waals surface area contributed by atoms with Crippen LogP contribution in [0.15, 0.2) is 24.3 Å². The second kappa shape index (κ2) is 4.75. The van der Waals surface area contributed by atoms with Crippen LogP contribution < -0.4 is 0 Å². The molecule has 0 saturated carbocycles. The molecule has 2 rings (SSSR count). The van der Waals surface area contributed by atoms with Gasteiger partial charge in [-0.25, -0.2) is 0 Å². The number of hydrogen-bond donors (Lipinski definition) is 2. The molecule has 1 aromatic carbocycles. The van der Waals surface area contributed by atoms with Crippen molar-refractivity contribution in [1.29, 1.82) is 0 Å². The highest BCUT2D eigenvalue weighted by Gasteiger charge is 2.34. The van der Waals surface area contributed by atoms with Crippen LogP contribution >= 0.6 is 0 Å². The fourth-order valence-electron chi connectivity index (χ4n) is 2.49. The molecule has 1 aliphatic rings. The third-order valence-corrected chi connectivity index (χ3v) is 3.43. The van der Waals surface area contributed by atoms with E-state index in [4.69, 9.17) is 5.11 Å². The lowest BCUT2D eigenvalue weighted by atomic mass is 10.1. The van der Waals surface area contributed by atoms with E-state index in [1.54, 1.807) is 18.2 Å². The number of phenols is 1. The van der Waals surface area contributed by atoms with Crippen molar-refractivity contribution in [2.24, 2.45) is 0 Å². The summed E-state index contributed by atoms with van der Waals surface area (Å²) in [5.74, 6) is -0.532. The highest BCUT2D eigenvalue weighted by Crippen LogP contribution is 2.30. The highest BCUT2D eigenvalue weighted by atomic mass is 16.4. The van der Waals surface area contributed by atoms with Gasteiger partial charge in [-0.15, -0.1) is 0 Å². The van der Waals surface area contributed by atoms with Crippen molar-refractivity contribution < 1.29 is 15.0 Å². The Hall–Kier alpha value is -1.55. The number of carboxylic acid groups (broad SMARTS) is 1. The first kappa shape index (κ1) is 11.9. The fraction of sp³-hybridized carbons (Fsp3) is 0.462. The predicted octanol–water partition coefficient (Wildman–Crippen LogP) is 2.00. The number of aliphatic carboxylic acids is 1. The summed E-state index contributed by atoms with van der Waals surface area (Å²) in [6.45, 7) is 2.78. The molecule has 4 nitrogen and oxygen atoms in total. The van der Waals surface area contributed by atoms with E-state index in [1.165, 1.54) is 0 Å². The SMILES string of the molecule is CC(c1cccc(O)c1)N1CCCC1C(=O)O. The molecule has 1 aromatic rings. The quantitative estimate of drug-likeness (QED) is 0.841. The largest absolute Gasteiger partial charge is 0.508 e. The van der Waals surface area contributed by atoms with Crippen LogP contribution in [0.3, 0.4) is 0 Å². The topological polar surface area (TPSA) is 60.8 Å². The van der Waals surface area contributed by atoms with E-state index in [2.05, 4.69) is 0 Å². The molecule has 1 saturated heterocycles. The van der Waals surface area contributed by atoms with E-state index >= 15 is 0 Å². The van der Waals surface area contributed by atoms with Gasteiger partial charge in [-0.3, -0.25) is 9.69 Å². The summed E-state index contributed by atoms with van der Waals surface area (Å²) in [6, 6.07) is 6.64. The van der Waals surface area contributed by atoms with Crippen LogP contribution in [0.1, 0.15) is 31.4 Å². The Morgan fingerprint density at radius 2 is 2.29 bits per heavy atom. The van der Waals surface area contributed by atoms with Crippen LogP contribution in [-0.4, -0.2) is 33.7 Å². The maximum atomic E-state index is 11.1. The molecule has 1 aliphatic heterocycles. The summed E-state index contributed by atoms with van der Waals surface area (Å²) in [6.07, 6.45) is 1.62. The van der Waals surface area contributed by atoms with Gasteiger partial charge < -0.3 is 10.2 Å². The van der Waals surface area contributed by atoms with Gasteiger partial charge in [0.1, 0.15) is 11.8 Å². The lowest BCUT2D eigenvalue weighted by Crippen LogP contribution is -2.37. The van der Waals surface area contributed by atoms with Crippen LogP contribution in [0.2, 0.25) is 0 Å². The van der Waals surface area contributed by atoms with Crippen LogP contribution in [-0.2, 0) is 4.79 Å². The van der Waals surface area contributed by atoms with E-state index in [-0.39, 0.29) is 11.8 Å². The molecular weight excluding hydrogens is 218 g/mol. The summed E-state index contributed by atoms with van der Waals surface area (Å²) >= 11 is 0. The lowest BCUT2D eigenvalue weighted by molar-refractivity contribution is -0.142. The van der Waals surface area contributed by atoms with E-state index < -0.39 is 12.0 Å². The molecule has 0 aromatic heterocycles. The van der Waals surface area contributed by atoms with E-state index in [9.17, 15) is 9.90 Å². The zero-order valence-corrected chi connectivity index (χ0v) is 9.84. The first-order valence-corrected chi connectivity index (χ1v) is 5.87. The molecule has 92 valence electrons. The minimum Gasteiger partial charge on any atom is -0.508 e. The molecular formula is C13H17NO3. The van der Waals surface area contributed by atoms with E-state index in [1.807, 2.05) is 17.9 Å². The molecule has 2 atom stereocenters. The molecule has 2 unspecified atom stereocenters. The molecule has 17 heavy (non-hydrogen) atoms. The molecule has 1 heterocycles. The number of likely N-dealkylation sites (tertiary alicyclic amines) is 1. The average molecular weight is 235 g/mol. The molecule has 2 N–H and O–H groups in total. The molecule has 1 fully saturated rings. The number of rotatable bonds is 3. The fourth-order valence-corrected chi connectivity index (χ4v) is 2.49. The number of carboxylic acids is 1. The van der Waals surface area contributed by atoms with Gasteiger partial charge >= 0.3 is 5.97 Å². The second-order valence-electron chi connectivity index (χ2n) is 4.51. The standard InChI is InChI=1S/C13H17NO3/c1-9(10-4-2-5-11(15)8-10)14-7-3-6-12(14)13(16)17/h2,4-5,8-9,12,15H,3,6-7H2,1H3,(H,16,17). The van der Waals surface area contributed by atoms with Crippen molar-refractivity contribution in [3.8, 4) is 5.75 Å². The first-order chi connectivity index (χ1) is 8.09. The number of carbonyl (C=O) groups is 1. The summed E-state index contributed by atoms with van der Waals surface area (Å²) in [5, 5.41) is 18.6. The summed E-state index contributed by atoms with van der Waals surface area (Å²) in [5.41, 5.74) is 0.957. The number of aromatic hydroxyl groups is 1. The zero-order chi connectivity index (χ0) is 12.4. The smallest absolute Gasteiger partial charge is 0.320 e. The monoisotopic (exact) mass is 235 g/mol. The Bertz CT molecular complexity index is 419. The maximum Gasteiger partial charge on any atom is 0.320 e. The molecule has 0 spiro atoms. The Morgan fingerprint density at radius 3 is 2.94 bits per heavy atom. The van der Waals surface area contributed by atoms with Crippen molar-refractivity contribution in [2.75, 3.05) is 6.54 Å². The average Bonchev–Trinajstić information content (AvgIpc) is 2.77. The Kier molecular flexibility index (Phi) is 3.33. The normalized spacial score (nSPS) is 22.5. The Morgan fingerprint density at radius 1 is 1.53 bits per heavy atom. The maximum absolute atomic E-state index is 11.1. The summed E-state index contributed by atoms with van der Waals surface area (Å²) in [4.78, 5) is 13.1. The van der Waals surface area contributed by atoms with Crippen LogP contribution in [0.4, 0.5) is 0 Å². The van der Waals surface area contributed by atoms with Gasteiger partial charge in [-0.05, 0) is 44.0 Å². The van der Waals surface area contributed by atoms with Crippen molar-refractivity contribution >= 4 is 5.97 Å². The van der Waals surface area contributed by atoms with Crippen molar-refractivity contribution in [3.05, 3.63) is 29.8 Å². The summed E-state index contributed by atoms with van der Waals surface area (Å²) < 4.78 is 0. The van der Waals surface area contributed by atoms with Crippen LogP contribution in [0, 0.1) is 0 Å². The third-order valence-electron chi connectivity index (χ3n) is 3.43. The van der Waals surface area contributed by atoms with E-state index in [0.717, 1.165) is 18.5 Å². The van der Waals surface area contributed by atoms with E-state index in [0.29, 0.717) is 6.42 Å².